The predicted molar refractivity (Wildman–Crippen MR) is 184 cm³/mol. The molecule has 0 N–H and O–H groups in total. The van der Waals surface area contributed by atoms with E-state index in [1.54, 1.807) is 12.4 Å². The van der Waals surface area contributed by atoms with Gasteiger partial charge in [-0.1, -0.05) is 94.1 Å². The lowest BCUT2D eigenvalue weighted by Crippen LogP contribution is -2.41. The van der Waals surface area contributed by atoms with Crippen LogP contribution in [-0.2, 0) is 0 Å². The van der Waals surface area contributed by atoms with Gasteiger partial charge in [-0.05, 0) is 91.0 Å². The highest BCUT2D eigenvalue weighted by atomic mass is 16.2. The van der Waals surface area contributed by atoms with Crippen LogP contribution in [0.3, 0.4) is 0 Å². The van der Waals surface area contributed by atoms with E-state index in [9.17, 15) is 9.59 Å². The van der Waals surface area contributed by atoms with Crippen LogP contribution < -0.4 is 4.90 Å². The van der Waals surface area contributed by atoms with Crippen molar-refractivity contribution in [2.75, 3.05) is 4.90 Å². The first-order valence-electron chi connectivity index (χ1n) is 15.4. The summed E-state index contributed by atoms with van der Waals surface area (Å²) in [5.41, 5.74) is 5.72. The van der Waals surface area contributed by atoms with Gasteiger partial charge in [0.1, 0.15) is 0 Å². The van der Waals surface area contributed by atoms with Crippen LogP contribution in [0.25, 0.3) is 43.1 Å². The number of nitrogens with zero attached hydrogens (tertiary/aromatic N) is 2. The minimum absolute atomic E-state index is 0.146. The molecular weight excluding hydrogens is 552 g/mol. The maximum absolute atomic E-state index is 14.4. The Morgan fingerprint density at radius 2 is 1.09 bits per heavy atom. The predicted octanol–water partition coefficient (Wildman–Crippen LogP) is 9.58. The van der Waals surface area contributed by atoms with Crippen molar-refractivity contribution in [3.8, 4) is 11.8 Å². The summed E-state index contributed by atoms with van der Waals surface area (Å²) in [4.78, 5) is 34.4. The van der Waals surface area contributed by atoms with E-state index in [-0.39, 0.29) is 23.7 Å². The fourth-order valence-corrected chi connectivity index (χ4v) is 7.15. The van der Waals surface area contributed by atoms with Crippen LogP contribution in [0.1, 0.15) is 82.5 Å². The van der Waals surface area contributed by atoms with E-state index >= 15 is 0 Å². The highest BCUT2D eigenvalue weighted by molar-refractivity contribution is 6.42. The molecular formula is C41H30N2O2. The molecule has 0 spiro atoms. The Labute approximate surface area is 261 Å². The summed E-state index contributed by atoms with van der Waals surface area (Å²) in [7, 11) is 0. The number of carbonyl (C=O) groups excluding carboxylic acids is 2. The molecule has 7 aromatic rings. The summed E-state index contributed by atoms with van der Waals surface area (Å²) in [5, 5.41) is 8.15. The summed E-state index contributed by atoms with van der Waals surface area (Å²) in [6, 6.07) is 28.4. The Kier molecular flexibility index (Phi) is 6.01. The summed E-state index contributed by atoms with van der Waals surface area (Å²) >= 11 is 0. The first kappa shape index (κ1) is 27.0. The Hall–Kier alpha value is -5.53. The van der Waals surface area contributed by atoms with Gasteiger partial charge in [0.25, 0.3) is 11.8 Å². The molecule has 0 saturated carbocycles. The SMILES string of the molecule is CC(C)c1cccc(C(C)C)c1N1C(=O)c2ccc3c4cccc5c(C#Cc6ccncc6)ccc(c6ccc(c2c36)C1=O)c54. The van der Waals surface area contributed by atoms with Crippen molar-refractivity contribution in [3.05, 3.63) is 131 Å². The zero-order chi connectivity index (χ0) is 31.0. The van der Waals surface area contributed by atoms with Crippen LogP contribution >= 0.6 is 0 Å². The lowest BCUT2D eigenvalue weighted by atomic mass is 9.83. The number of imide groups is 1. The fraction of sp³-hybridized carbons (Fsp3) is 0.146. The van der Waals surface area contributed by atoms with E-state index in [0.717, 1.165) is 71.0 Å². The number of carbonyl (C=O) groups is 2. The van der Waals surface area contributed by atoms with E-state index in [4.69, 9.17) is 0 Å². The van der Waals surface area contributed by atoms with E-state index < -0.39 is 0 Å². The Bertz CT molecular complexity index is 2330. The maximum atomic E-state index is 14.4. The summed E-state index contributed by atoms with van der Waals surface area (Å²) < 4.78 is 0. The maximum Gasteiger partial charge on any atom is 0.266 e. The largest absolute Gasteiger partial charge is 0.268 e. The summed E-state index contributed by atoms with van der Waals surface area (Å²) in [6.45, 7) is 8.43. The number of hydrogen-bond acceptors (Lipinski definition) is 3. The van der Waals surface area contributed by atoms with Gasteiger partial charge in [0.05, 0.1) is 5.69 Å². The number of aromatic nitrogens is 1. The van der Waals surface area contributed by atoms with E-state index in [2.05, 4.69) is 87.0 Å². The number of rotatable bonds is 3. The zero-order valence-corrected chi connectivity index (χ0v) is 25.6. The van der Waals surface area contributed by atoms with E-state index in [1.165, 1.54) is 4.90 Å². The van der Waals surface area contributed by atoms with Gasteiger partial charge in [-0.3, -0.25) is 14.6 Å². The average molecular weight is 583 g/mol. The molecule has 0 atom stereocenters. The van der Waals surface area contributed by atoms with Gasteiger partial charge in [0.2, 0.25) is 0 Å². The van der Waals surface area contributed by atoms with Gasteiger partial charge in [-0.2, -0.15) is 0 Å². The van der Waals surface area contributed by atoms with Crippen LogP contribution in [0.15, 0.2) is 97.3 Å². The van der Waals surface area contributed by atoms with Crippen molar-refractivity contribution in [2.24, 2.45) is 0 Å². The number of para-hydroxylation sites is 1. The van der Waals surface area contributed by atoms with Crippen LogP contribution in [0.4, 0.5) is 5.69 Å². The molecule has 0 bridgehead atoms. The lowest BCUT2D eigenvalue weighted by molar-refractivity contribution is 0.0893. The molecule has 1 aliphatic rings. The summed E-state index contributed by atoms with van der Waals surface area (Å²) in [5.74, 6) is 6.41. The lowest BCUT2D eigenvalue weighted by Gasteiger charge is -2.32. The molecule has 45 heavy (non-hydrogen) atoms. The summed E-state index contributed by atoms with van der Waals surface area (Å²) in [6.07, 6.45) is 3.50. The minimum atomic E-state index is -0.267. The normalized spacial score (nSPS) is 13.2. The van der Waals surface area contributed by atoms with Crippen LogP contribution in [-0.4, -0.2) is 16.8 Å². The van der Waals surface area contributed by atoms with E-state index in [1.807, 2.05) is 42.5 Å². The molecule has 1 aromatic heterocycles. The molecule has 4 nitrogen and oxygen atoms in total. The topological polar surface area (TPSA) is 50.3 Å². The Morgan fingerprint density at radius 1 is 0.556 bits per heavy atom. The molecule has 2 heterocycles. The average Bonchev–Trinajstić information content (AvgIpc) is 3.05. The van der Waals surface area contributed by atoms with Crippen LogP contribution in [0.5, 0.6) is 0 Å². The number of pyridine rings is 1. The Balaban J connectivity index is 1.38. The number of amides is 2. The molecule has 8 rings (SSSR count). The molecule has 1 aliphatic heterocycles. The van der Waals surface area contributed by atoms with Gasteiger partial charge >= 0.3 is 0 Å². The number of benzene rings is 6. The van der Waals surface area contributed by atoms with Gasteiger partial charge < -0.3 is 0 Å². The molecule has 0 radical (unpaired) electrons. The molecule has 6 aromatic carbocycles. The van der Waals surface area contributed by atoms with Crippen molar-refractivity contribution in [1.82, 2.24) is 4.98 Å². The van der Waals surface area contributed by atoms with Gasteiger partial charge in [-0.25, -0.2) is 4.90 Å². The molecule has 0 unspecified atom stereocenters. The highest BCUT2D eigenvalue weighted by Gasteiger charge is 2.37. The molecule has 4 heteroatoms. The third-order valence-electron chi connectivity index (χ3n) is 9.24. The highest BCUT2D eigenvalue weighted by Crippen LogP contribution is 2.46. The van der Waals surface area contributed by atoms with Crippen molar-refractivity contribution in [1.29, 1.82) is 0 Å². The van der Waals surface area contributed by atoms with Crippen molar-refractivity contribution in [2.45, 2.75) is 39.5 Å². The number of anilines is 1. The molecule has 0 saturated heterocycles. The van der Waals surface area contributed by atoms with Crippen molar-refractivity contribution >= 4 is 60.6 Å². The molecule has 2 amide bonds. The molecule has 216 valence electrons. The quantitative estimate of drug-likeness (QED) is 0.0902. The monoisotopic (exact) mass is 582 g/mol. The third kappa shape index (κ3) is 3.90. The van der Waals surface area contributed by atoms with Gasteiger partial charge in [-0.15, -0.1) is 0 Å². The van der Waals surface area contributed by atoms with Gasteiger partial charge in [0.15, 0.2) is 0 Å². The molecule has 0 aliphatic carbocycles. The zero-order valence-electron chi connectivity index (χ0n) is 25.6. The first-order valence-corrected chi connectivity index (χ1v) is 15.4. The van der Waals surface area contributed by atoms with Crippen LogP contribution in [0.2, 0.25) is 0 Å². The van der Waals surface area contributed by atoms with Crippen LogP contribution in [0, 0.1) is 11.8 Å². The van der Waals surface area contributed by atoms with Gasteiger partial charge in [0, 0.05) is 40.0 Å². The van der Waals surface area contributed by atoms with E-state index in [0.29, 0.717) is 11.1 Å². The Morgan fingerprint density at radius 3 is 1.71 bits per heavy atom. The number of hydrogen-bond donors (Lipinski definition) is 0. The standard InChI is InChI=1S/C41H30N2O2/c1-23(2)27-7-5-8-28(24(3)4)39(27)43-40(44)34-17-15-32-30-10-6-9-29-26(12-11-25-19-21-42-22-20-25)13-14-31(36(29)30)33-16-18-35(41(43)45)38(34)37(32)33/h5-10,13-24H,1-4H3. The second-order valence-corrected chi connectivity index (χ2v) is 12.5. The van der Waals surface area contributed by atoms with Crippen molar-refractivity contribution < 1.29 is 9.59 Å². The smallest absolute Gasteiger partial charge is 0.266 e. The first-order chi connectivity index (χ1) is 21.8. The second-order valence-electron chi connectivity index (χ2n) is 12.5. The van der Waals surface area contributed by atoms with Crippen molar-refractivity contribution in [3.63, 3.8) is 0 Å². The molecule has 0 fully saturated rings. The number of fused-ring (bicyclic) bond motifs is 2. The second kappa shape index (κ2) is 10.0. The third-order valence-corrected chi connectivity index (χ3v) is 9.24. The minimum Gasteiger partial charge on any atom is -0.268 e. The fourth-order valence-electron chi connectivity index (χ4n) is 7.15.